The highest BCUT2D eigenvalue weighted by Gasteiger charge is 2.16. The average molecular weight is 240 g/mol. The third-order valence-electron chi connectivity index (χ3n) is 3.38. The molecule has 4 heteroatoms. The Morgan fingerprint density at radius 1 is 1.11 bits per heavy atom. The molecule has 4 nitrogen and oxygen atoms in total. The minimum absolute atomic E-state index is 0.635. The zero-order chi connectivity index (χ0) is 12.5. The predicted octanol–water partition coefficient (Wildman–Crippen LogP) is 2.31. The van der Waals surface area contributed by atoms with E-state index in [0.29, 0.717) is 11.6 Å². The Balaban J connectivity index is 2.08. The van der Waals surface area contributed by atoms with Crippen molar-refractivity contribution in [3.8, 4) is 11.4 Å². The summed E-state index contributed by atoms with van der Waals surface area (Å²) in [6.45, 7) is 1.96. The Labute approximate surface area is 106 Å². The first-order valence-corrected chi connectivity index (χ1v) is 6.32. The molecular weight excluding hydrogens is 224 g/mol. The molecule has 3 rings (SSSR count). The number of nitrogens with zero attached hydrogens (tertiary/aromatic N) is 3. The first-order valence-electron chi connectivity index (χ1n) is 6.32. The van der Waals surface area contributed by atoms with Crippen molar-refractivity contribution in [3.05, 3.63) is 35.3 Å². The lowest BCUT2D eigenvalue weighted by Crippen LogP contribution is -2.11. The van der Waals surface area contributed by atoms with E-state index in [0.717, 1.165) is 35.4 Å². The van der Waals surface area contributed by atoms with E-state index in [-0.39, 0.29) is 0 Å². The van der Waals surface area contributed by atoms with Crippen LogP contribution in [0.25, 0.3) is 11.4 Å². The number of aromatic nitrogens is 3. The summed E-state index contributed by atoms with van der Waals surface area (Å²) in [6, 6.07) is 3.96. The number of nitrogens with two attached hydrogens (primary N) is 1. The molecular formula is C14H16N4. The maximum absolute atomic E-state index is 6.04. The normalized spacial score (nSPS) is 14.3. The fourth-order valence-electron chi connectivity index (χ4n) is 2.35. The first kappa shape index (κ1) is 11.1. The van der Waals surface area contributed by atoms with Crippen LogP contribution >= 0.6 is 0 Å². The van der Waals surface area contributed by atoms with E-state index in [2.05, 4.69) is 15.0 Å². The zero-order valence-electron chi connectivity index (χ0n) is 10.5. The topological polar surface area (TPSA) is 64.7 Å². The molecule has 0 fully saturated rings. The Morgan fingerprint density at radius 3 is 2.72 bits per heavy atom. The van der Waals surface area contributed by atoms with Crippen LogP contribution in [0, 0.1) is 6.92 Å². The molecule has 0 amide bonds. The predicted molar refractivity (Wildman–Crippen MR) is 71.1 cm³/mol. The highest BCUT2D eigenvalue weighted by atomic mass is 15.0. The summed E-state index contributed by atoms with van der Waals surface area (Å²) in [5.41, 5.74) is 10.2. The van der Waals surface area contributed by atoms with Crippen molar-refractivity contribution in [2.24, 2.45) is 0 Å². The van der Waals surface area contributed by atoms with Crippen LogP contribution in [0.4, 0.5) is 5.82 Å². The van der Waals surface area contributed by atoms with Gasteiger partial charge in [-0.25, -0.2) is 9.97 Å². The molecule has 1 aliphatic rings. The fraction of sp³-hybridized carbons (Fsp3) is 0.357. The summed E-state index contributed by atoms with van der Waals surface area (Å²) in [5, 5.41) is 0. The molecule has 0 aromatic carbocycles. The second kappa shape index (κ2) is 4.37. The highest BCUT2D eigenvalue weighted by molar-refractivity contribution is 5.58. The molecule has 0 saturated heterocycles. The SMILES string of the molecule is Cc1ccc(-c2nc(N)c3c(n2)CCCC3)cn1. The standard InChI is InChI=1S/C14H16N4/c1-9-6-7-10(8-16-9)14-17-12-5-3-2-4-11(12)13(15)18-14/h6-8H,2-5H2,1H3,(H2,15,17,18). The van der Waals surface area contributed by atoms with Crippen LogP contribution in [0.1, 0.15) is 29.8 Å². The molecule has 0 bridgehead atoms. The van der Waals surface area contributed by atoms with Crippen molar-refractivity contribution in [3.63, 3.8) is 0 Å². The molecule has 0 saturated carbocycles. The minimum Gasteiger partial charge on any atom is -0.383 e. The number of hydrogen-bond donors (Lipinski definition) is 1. The molecule has 92 valence electrons. The van der Waals surface area contributed by atoms with Gasteiger partial charge in [0.05, 0.1) is 0 Å². The molecule has 2 aromatic rings. The maximum atomic E-state index is 6.04. The van der Waals surface area contributed by atoms with Crippen LogP contribution in [0.3, 0.4) is 0 Å². The van der Waals surface area contributed by atoms with Crippen molar-refractivity contribution < 1.29 is 0 Å². The molecule has 0 radical (unpaired) electrons. The van der Waals surface area contributed by atoms with Gasteiger partial charge in [-0.05, 0) is 44.7 Å². The van der Waals surface area contributed by atoms with Gasteiger partial charge in [0, 0.05) is 28.7 Å². The molecule has 2 heterocycles. The summed E-state index contributed by atoms with van der Waals surface area (Å²) < 4.78 is 0. The third-order valence-corrected chi connectivity index (χ3v) is 3.38. The van der Waals surface area contributed by atoms with Gasteiger partial charge in [0.1, 0.15) is 5.82 Å². The largest absolute Gasteiger partial charge is 0.383 e. The van der Waals surface area contributed by atoms with Crippen molar-refractivity contribution in [1.82, 2.24) is 15.0 Å². The Kier molecular flexibility index (Phi) is 2.70. The lowest BCUT2D eigenvalue weighted by Gasteiger charge is -2.17. The fourth-order valence-corrected chi connectivity index (χ4v) is 2.35. The zero-order valence-corrected chi connectivity index (χ0v) is 10.5. The number of fused-ring (bicyclic) bond motifs is 1. The van der Waals surface area contributed by atoms with Gasteiger partial charge < -0.3 is 5.73 Å². The minimum atomic E-state index is 0.635. The monoisotopic (exact) mass is 240 g/mol. The summed E-state index contributed by atoms with van der Waals surface area (Å²) in [4.78, 5) is 13.3. The Hall–Kier alpha value is -1.97. The van der Waals surface area contributed by atoms with Gasteiger partial charge >= 0.3 is 0 Å². The van der Waals surface area contributed by atoms with Crippen molar-refractivity contribution >= 4 is 5.82 Å². The van der Waals surface area contributed by atoms with E-state index in [1.165, 1.54) is 12.8 Å². The van der Waals surface area contributed by atoms with E-state index >= 15 is 0 Å². The Bertz CT molecular complexity index is 575. The number of rotatable bonds is 1. The van der Waals surface area contributed by atoms with Crippen LogP contribution in [-0.4, -0.2) is 15.0 Å². The third kappa shape index (κ3) is 1.94. The number of pyridine rings is 1. The lowest BCUT2D eigenvalue weighted by atomic mass is 9.96. The van der Waals surface area contributed by atoms with E-state index in [1.54, 1.807) is 6.20 Å². The van der Waals surface area contributed by atoms with E-state index in [9.17, 15) is 0 Å². The summed E-state index contributed by atoms with van der Waals surface area (Å²) in [7, 11) is 0. The second-order valence-electron chi connectivity index (χ2n) is 4.75. The van der Waals surface area contributed by atoms with Crippen LogP contribution < -0.4 is 5.73 Å². The Morgan fingerprint density at radius 2 is 1.94 bits per heavy atom. The van der Waals surface area contributed by atoms with E-state index < -0.39 is 0 Å². The van der Waals surface area contributed by atoms with Crippen LogP contribution in [0.15, 0.2) is 18.3 Å². The number of aryl methyl sites for hydroxylation is 2. The van der Waals surface area contributed by atoms with E-state index in [1.807, 2.05) is 19.1 Å². The van der Waals surface area contributed by atoms with Crippen molar-refractivity contribution in [2.45, 2.75) is 32.6 Å². The molecule has 0 spiro atoms. The van der Waals surface area contributed by atoms with Crippen LogP contribution in [-0.2, 0) is 12.8 Å². The first-order chi connectivity index (χ1) is 8.74. The maximum Gasteiger partial charge on any atom is 0.163 e. The average Bonchev–Trinajstić information content (AvgIpc) is 2.39. The van der Waals surface area contributed by atoms with Gasteiger partial charge in [0.2, 0.25) is 0 Å². The molecule has 2 N–H and O–H groups in total. The van der Waals surface area contributed by atoms with Gasteiger partial charge in [0.15, 0.2) is 5.82 Å². The molecule has 1 aliphatic carbocycles. The lowest BCUT2D eigenvalue weighted by molar-refractivity contribution is 0.666. The molecule has 18 heavy (non-hydrogen) atoms. The van der Waals surface area contributed by atoms with Gasteiger partial charge in [-0.1, -0.05) is 0 Å². The van der Waals surface area contributed by atoms with Crippen molar-refractivity contribution in [1.29, 1.82) is 0 Å². The van der Waals surface area contributed by atoms with Gasteiger partial charge in [0.25, 0.3) is 0 Å². The summed E-state index contributed by atoms with van der Waals surface area (Å²) in [5.74, 6) is 1.33. The number of hydrogen-bond acceptors (Lipinski definition) is 4. The smallest absolute Gasteiger partial charge is 0.163 e. The number of nitrogen functional groups attached to an aromatic ring is 1. The highest BCUT2D eigenvalue weighted by Crippen LogP contribution is 2.26. The second-order valence-corrected chi connectivity index (χ2v) is 4.75. The quantitative estimate of drug-likeness (QED) is 0.830. The molecule has 0 aliphatic heterocycles. The van der Waals surface area contributed by atoms with Crippen LogP contribution in [0.5, 0.6) is 0 Å². The van der Waals surface area contributed by atoms with Gasteiger partial charge in [-0.3, -0.25) is 4.98 Å². The van der Waals surface area contributed by atoms with E-state index in [4.69, 9.17) is 5.73 Å². The van der Waals surface area contributed by atoms with Crippen LogP contribution in [0.2, 0.25) is 0 Å². The summed E-state index contributed by atoms with van der Waals surface area (Å²) >= 11 is 0. The number of anilines is 1. The molecule has 0 atom stereocenters. The molecule has 2 aromatic heterocycles. The van der Waals surface area contributed by atoms with Crippen molar-refractivity contribution in [2.75, 3.05) is 5.73 Å². The van der Waals surface area contributed by atoms with Gasteiger partial charge in [-0.2, -0.15) is 0 Å². The van der Waals surface area contributed by atoms with Gasteiger partial charge in [-0.15, -0.1) is 0 Å². The molecule has 0 unspecified atom stereocenters. The summed E-state index contributed by atoms with van der Waals surface area (Å²) in [6.07, 6.45) is 6.20.